The van der Waals surface area contributed by atoms with Crippen LogP contribution in [0.4, 0.5) is 11.4 Å². The van der Waals surface area contributed by atoms with Crippen molar-refractivity contribution in [2.75, 3.05) is 17.3 Å². The van der Waals surface area contributed by atoms with Gasteiger partial charge in [0.2, 0.25) is 5.91 Å². The number of hydrogen-bond acceptors (Lipinski definition) is 6. The number of rotatable bonds is 5. The minimum Gasteiger partial charge on any atom is -0.495 e. The molecule has 8 heteroatoms. The smallest absolute Gasteiger partial charge is 0.268 e. The minimum absolute atomic E-state index is 0.275. The topological polar surface area (TPSA) is 80.8 Å². The fourth-order valence-corrected chi connectivity index (χ4v) is 4.65. The van der Waals surface area contributed by atoms with Gasteiger partial charge in [-0.1, -0.05) is 12.1 Å². The molecule has 0 aliphatic carbocycles. The molecule has 0 spiro atoms. The second-order valence-corrected chi connectivity index (χ2v) is 9.06. The van der Waals surface area contributed by atoms with E-state index in [-0.39, 0.29) is 11.8 Å². The van der Waals surface area contributed by atoms with Gasteiger partial charge in [-0.05, 0) is 58.0 Å². The summed E-state index contributed by atoms with van der Waals surface area (Å²) in [6.07, 6.45) is -0.696. The standard InChI is InChI=1S/C24H25N3O4S/c1-13(23(28)26-18-8-6-7-9-20(18)30-5)27-19-12-17(22-15(3)32-16(4)25-22)10-11-21(19)31-14(2)24(27)29/h6-14H,1-5H3,(H,26,28). The van der Waals surface area contributed by atoms with E-state index in [9.17, 15) is 9.59 Å². The molecule has 1 aliphatic heterocycles. The Balaban J connectivity index is 1.70. The normalized spacial score (nSPS) is 16.2. The Bertz CT molecular complexity index is 1190. The third-order valence-corrected chi connectivity index (χ3v) is 6.30. The minimum atomic E-state index is -0.772. The SMILES string of the molecule is COc1ccccc1NC(=O)C(C)N1C(=O)C(C)Oc2ccc(-c3nc(C)sc3C)cc21. The summed E-state index contributed by atoms with van der Waals surface area (Å²) in [5.74, 6) is 0.506. The maximum atomic E-state index is 13.1. The number of carbonyl (C=O) groups excluding carboxylic acids is 2. The van der Waals surface area contributed by atoms with E-state index in [1.807, 2.05) is 44.2 Å². The van der Waals surface area contributed by atoms with Crippen molar-refractivity contribution < 1.29 is 19.1 Å². The Morgan fingerprint density at radius 2 is 2.00 bits per heavy atom. The third-order valence-electron chi connectivity index (χ3n) is 5.42. The Hall–Kier alpha value is -3.39. The first-order valence-corrected chi connectivity index (χ1v) is 11.1. The number of aryl methyl sites for hydroxylation is 2. The van der Waals surface area contributed by atoms with E-state index in [1.165, 1.54) is 4.90 Å². The van der Waals surface area contributed by atoms with Crippen LogP contribution in [0.5, 0.6) is 11.5 Å². The van der Waals surface area contributed by atoms with Crippen LogP contribution in [0.2, 0.25) is 0 Å². The summed E-state index contributed by atoms with van der Waals surface area (Å²) in [4.78, 5) is 33.5. The molecular formula is C24H25N3O4S. The number of thiazole rings is 1. The Labute approximate surface area is 191 Å². The van der Waals surface area contributed by atoms with Gasteiger partial charge in [-0.25, -0.2) is 4.98 Å². The average Bonchev–Trinajstić information content (AvgIpc) is 3.12. The number of para-hydroxylation sites is 2. The van der Waals surface area contributed by atoms with Crippen molar-refractivity contribution >= 4 is 34.5 Å². The molecule has 0 fully saturated rings. The highest BCUT2D eigenvalue weighted by molar-refractivity contribution is 7.11. The van der Waals surface area contributed by atoms with Crippen molar-refractivity contribution in [2.24, 2.45) is 0 Å². The Morgan fingerprint density at radius 3 is 2.69 bits per heavy atom. The molecule has 2 unspecified atom stereocenters. The zero-order valence-electron chi connectivity index (χ0n) is 18.6. The van der Waals surface area contributed by atoms with E-state index in [2.05, 4.69) is 10.3 Å². The number of aromatic nitrogens is 1. The van der Waals surface area contributed by atoms with Crippen LogP contribution >= 0.6 is 11.3 Å². The van der Waals surface area contributed by atoms with Crippen LogP contribution in [-0.2, 0) is 9.59 Å². The molecule has 0 bridgehead atoms. The lowest BCUT2D eigenvalue weighted by Gasteiger charge is -2.36. The summed E-state index contributed by atoms with van der Waals surface area (Å²) in [6, 6.07) is 12.0. The molecule has 3 aromatic rings. The average molecular weight is 452 g/mol. The fourth-order valence-electron chi connectivity index (χ4n) is 3.81. The molecule has 2 heterocycles. The number of nitrogens with one attached hydrogen (secondary N) is 1. The van der Waals surface area contributed by atoms with E-state index in [1.54, 1.807) is 44.4 Å². The number of amides is 2. The zero-order chi connectivity index (χ0) is 23.0. The molecule has 2 amide bonds. The highest BCUT2D eigenvalue weighted by atomic mass is 32.1. The highest BCUT2D eigenvalue weighted by Crippen LogP contribution is 2.40. The van der Waals surface area contributed by atoms with Crippen LogP contribution in [0.15, 0.2) is 42.5 Å². The summed E-state index contributed by atoms with van der Waals surface area (Å²) in [5.41, 5.74) is 2.84. The van der Waals surface area contributed by atoms with Crippen LogP contribution in [0.1, 0.15) is 23.7 Å². The van der Waals surface area contributed by atoms with Gasteiger partial charge in [-0.3, -0.25) is 14.5 Å². The predicted octanol–water partition coefficient (Wildman–Crippen LogP) is 4.58. The van der Waals surface area contributed by atoms with Gasteiger partial charge in [0, 0.05) is 10.4 Å². The lowest BCUT2D eigenvalue weighted by atomic mass is 10.1. The largest absolute Gasteiger partial charge is 0.495 e. The summed E-state index contributed by atoms with van der Waals surface area (Å²) in [5, 5.41) is 3.84. The molecule has 1 aromatic heterocycles. The van der Waals surface area contributed by atoms with Crippen molar-refractivity contribution in [3.8, 4) is 22.8 Å². The molecule has 4 rings (SSSR count). The first kappa shape index (κ1) is 21.8. The van der Waals surface area contributed by atoms with Gasteiger partial charge in [0.25, 0.3) is 5.91 Å². The highest BCUT2D eigenvalue weighted by Gasteiger charge is 2.37. The molecule has 2 aromatic carbocycles. The first-order valence-electron chi connectivity index (χ1n) is 10.3. The second kappa shape index (κ2) is 8.63. The fraction of sp³-hybridized carbons (Fsp3) is 0.292. The summed E-state index contributed by atoms with van der Waals surface area (Å²) >= 11 is 1.62. The molecule has 1 aliphatic rings. The number of carbonyl (C=O) groups is 2. The van der Waals surface area contributed by atoms with Crippen LogP contribution in [0.3, 0.4) is 0 Å². The Kier molecular flexibility index (Phi) is 5.88. The van der Waals surface area contributed by atoms with Gasteiger partial charge in [-0.15, -0.1) is 11.3 Å². The van der Waals surface area contributed by atoms with E-state index in [0.717, 1.165) is 21.1 Å². The quantitative estimate of drug-likeness (QED) is 0.614. The van der Waals surface area contributed by atoms with E-state index in [4.69, 9.17) is 9.47 Å². The molecule has 32 heavy (non-hydrogen) atoms. The molecule has 0 saturated carbocycles. The van der Waals surface area contributed by atoms with Gasteiger partial charge < -0.3 is 14.8 Å². The van der Waals surface area contributed by atoms with Crippen molar-refractivity contribution in [3.05, 3.63) is 52.3 Å². The number of fused-ring (bicyclic) bond motifs is 1. The monoisotopic (exact) mass is 451 g/mol. The van der Waals surface area contributed by atoms with Crippen molar-refractivity contribution in [1.29, 1.82) is 0 Å². The summed E-state index contributed by atoms with van der Waals surface area (Å²) in [7, 11) is 1.54. The maximum absolute atomic E-state index is 13.1. The van der Waals surface area contributed by atoms with Crippen LogP contribution in [-0.4, -0.2) is 36.1 Å². The number of hydrogen-bond donors (Lipinski definition) is 1. The lowest BCUT2D eigenvalue weighted by Crippen LogP contribution is -2.52. The Morgan fingerprint density at radius 1 is 1.25 bits per heavy atom. The first-order chi connectivity index (χ1) is 15.3. The molecule has 0 saturated heterocycles. The van der Waals surface area contributed by atoms with Gasteiger partial charge in [0.15, 0.2) is 6.10 Å². The van der Waals surface area contributed by atoms with Crippen molar-refractivity contribution in [3.63, 3.8) is 0 Å². The molecular weight excluding hydrogens is 426 g/mol. The number of anilines is 2. The number of methoxy groups -OCH3 is 1. The molecule has 2 atom stereocenters. The van der Waals surface area contributed by atoms with Crippen molar-refractivity contribution in [2.45, 2.75) is 39.8 Å². The summed E-state index contributed by atoms with van der Waals surface area (Å²) < 4.78 is 11.1. The van der Waals surface area contributed by atoms with Gasteiger partial charge in [0.1, 0.15) is 17.5 Å². The van der Waals surface area contributed by atoms with Gasteiger partial charge in [-0.2, -0.15) is 0 Å². The van der Waals surface area contributed by atoms with E-state index < -0.39 is 12.1 Å². The third kappa shape index (κ3) is 3.93. The van der Waals surface area contributed by atoms with E-state index >= 15 is 0 Å². The molecule has 7 nitrogen and oxygen atoms in total. The van der Waals surface area contributed by atoms with Crippen molar-refractivity contribution in [1.82, 2.24) is 4.98 Å². The van der Waals surface area contributed by atoms with Crippen LogP contribution < -0.4 is 19.7 Å². The number of ether oxygens (including phenoxy) is 2. The van der Waals surface area contributed by atoms with Gasteiger partial charge >= 0.3 is 0 Å². The zero-order valence-corrected chi connectivity index (χ0v) is 19.4. The predicted molar refractivity (Wildman–Crippen MR) is 126 cm³/mol. The number of benzene rings is 2. The molecule has 166 valence electrons. The van der Waals surface area contributed by atoms with E-state index in [0.29, 0.717) is 22.9 Å². The van der Waals surface area contributed by atoms with Gasteiger partial charge in [0.05, 0.1) is 29.2 Å². The lowest BCUT2D eigenvalue weighted by molar-refractivity contribution is -0.128. The molecule has 1 N–H and O–H groups in total. The molecule has 0 radical (unpaired) electrons. The number of nitrogens with zero attached hydrogens (tertiary/aromatic N) is 2. The second-order valence-electron chi connectivity index (χ2n) is 7.65. The summed E-state index contributed by atoms with van der Waals surface area (Å²) in [6.45, 7) is 7.37. The maximum Gasteiger partial charge on any atom is 0.268 e. The van der Waals surface area contributed by atoms with Crippen LogP contribution in [0.25, 0.3) is 11.3 Å². The van der Waals surface area contributed by atoms with Crippen LogP contribution in [0, 0.1) is 13.8 Å².